The monoisotopic (exact) mass is 475 g/mol. The molecular formula is C27H41NO6. The molecule has 0 aromatic heterocycles. The fourth-order valence-electron chi connectivity index (χ4n) is 6.50. The standard InChI is InChI=1S/C27H41NO6/c1-14(2)10-19-23-17(5)16(4)12-18-11-15(3)8-9-20(29)24-21(32-26(6,7)34-24)13-22(30)33-27(18,23)25(31)28-19/h11-12,14,17-21,23-24,29H,8-10,13H2,1-7H3,(H,28,31)/b15-11-/t17-,18-,19+,20-,21+,23-,24-,27+/m0/s1. The van der Waals surface area contributed by atoms with Gasteiger partial charge in [-0.3, -0.25) is 9.59 Å². The molecule has 2 saturated heterocycles. The van der Waals surface area contributed by atoms with Crippen molar-refractivity contribution in [3.8, 4) is 0 Å². The van der Waals surface area contributed by atoms with E-state index < -0.39 is 35.7 Å². The highest BCUT2D eigenvalue weighted by atomic mass is 16.8. The smallest absolute Gasteiger partial charge is 0.309 e. The largest absolute Gasteiger partial charge is 0.447 e. The molecule has 8 atom stereocenters. The number of rotatable bonds is 2. The number of carbonyl (C=O) groups excluding carboxylic acids is 2. The third-order valence-electron chi connectivity index (χ3n) is 8.07. The van der Waals surface area contributed by atoms with Crippen molar-refractivity contribution >= 4 is 11.9 Å². The van der Waals surface area contributed by atoms with Crippen molar-refractivity contribution in [2.75, 3.05) is 0 Å². The first-order valence-electron chi connectivity index (χ1n) is 12.8. The first-order valence-corrected chi connectivity index (χ1v) is 12.8. The molecule has 2 N–H and O–H groups in total. The Morgan fingerprint density at radius 1 is 1.18 bits per heavy atom. The summed E-state index contributed by atoms with van der Waals surface area (Å²) in [7, 11) is 0. The van der Waals surface area contributed by atoms with Crippen LogP contribution in [0.15, 0.2) is 23.3 Å². The fraction of sp³-hybridized carbons (Fsp3) is 0.778. The van der Waals surface area contributed by atoms with Crippen LogP contribution in [0.5, 0.6) is 0 Å². The van der Waals surface area contributed by atoms with Gasteiger partial charge in [0.2, 0.25) is 5.60 Å². The second-order valence-electron chi connectivity index (χ2n) is 11.7. The Bertz CT molecular complexity index is 892. The summed E-state index contributed by atoms with van der Waals surface area (Å²) in [5.74, 6) is -1.65. The van der Waals surface area contributed by atoms with E-state index >= 15 is 0 Å². The summed E-state index contributed by atoms with van der Waals surface area (Å²) in [5, 5.41) is 14.1. The minimum atomic E-state index is -1.29. The number of hydrogen-bond acceptors (Lipinski definition) is 6. The van der Waals surface area contributed by atoms with Crippen LogP contribution in [0.25, 0.3) is 0 Å². The van der Waals surface area contributed by atoms with Crippen LogP contribution in [0.4, 0.5) is 0 Å². The molecule has 0 bridgehead atoms. The number of esters is 1. The number of amides is 1. The maximum Gasteiger partial charge on any atom is 0.309 e. The van der Waals surface area contributed by atoms with E-state index in [1.54, 1.807) is 13.8 Å². The molecule has 1 amide bonds. The Morgan fingerprint density at radius 2 is 1.88 bits per heavy atom. The lowest BCUT2D eigenvalue weighted by molar-refractivity contribution is -0.180. The molecule has 4 aliphatic rings. The number of nitrogens with one attached hydrogen (secondary N) is 1. The maximum atomic E-state index is 13.7. The van der Waals surface area contributed by atoms with Gasteiger partial charge in [-0.25, -0.2) is 0 Å². The molecule has 7 nitrogen and oxygen atoms in total. The van der Waals surface area contributed by atoms with E-state index in [0.29, 0.717) is 18.8 Å². The van der Waals surface area contributed by atoms with E-state index in [2.05, 4.69) is 45.2 Å². The molecule has 1 spiro atoms. The summed E-state index contributed by atoms with van der Waals surface area (Å²) in [6.07, 6.45) is 4.02. The van der Waals surface area contributed by atoms with E-state index in [-0.39, 0.29) is 36.1 Å². The number of allylic oxidation sites excluding steroid dienone is 2. The first-order chi connectivity index (χ1) is 15.8. The topological polar surface area (TPSA) is 94.1 Å². The van der Waals surface area contributed by atoms with Crippen LogP contribution in [0.2, 0.25) is 0 Å². The molecule has 0 aromatic carbocycles. The second-order valence-corrected chi connectivity index (χ2v) is 11.7. The highest BCUT2D eigenvalue weighted by Crippen LogP contribution is 2.51. The summed E-state index contributed by atoms with van der Waals surface area (Å²) >= 11 is 0. The number of carbonyl (C=O) groups is 2. The number of fused-ring (bicyclic) bond motifs is 1. The van der Waals surface area contributed by atoms with E-state index in [0.717, 1.165) is 12.0 Å². The van der Waals surface area contributed by atoms with Gasteiger partial charge < -0.3 is 24.6 Å². The molecule has 7 heteroatoms. The number of aliphatic hydroxyl groups is 1. The number of ether oxygens (including phenoxy) is 3. The van der Waals surface area contributed by atoms with Crippen LogP contribution in [-0.2, 0) is 23.8 Å². The van der Waals surface area contributed by atoms with Gasteiger partial charge >= 0.3 is 5.97 Å². The Balaban J connectivity index is 1.78. The van der Waals surface area contributed by atoms with Crippen LogP contribution in [0.1, 0.15) is 74.1 Å². The number of aliphatic hydroxyl groups excluding tert-OH is 1. The summed E-state index contributed by atoms with van der Waals surface area (Å²) < 4.78 is 18.3. The average molecular weight is 476 g/mol. The highest BCUT2D eigenvalue weighted by molar-refractivity contribution is 5.92. The van der Waals surface area contributed by atoms with Gasteiger partial charge in [-0.05, 0) is 58.8 Å². The van der Waals surface area contributed by atoms with Crippen LogP contribution in [-0.4, -0.2) is 52.7 Å². The molecule has 0 aromatic rings. The maximum absolute atomic E-state index is 13.7. The van der Waals surface area contributed by atoms with Crippen molar-refractivity contribution in [3.05, 3.63) is 23.3 Å². The van der Waals surface area contributed by atoms with Crippen molar-refractivity contribution in [3.63, 3.8) is 0 Å². The van der Waals surface area contributed by atoms with E-state index in [4.69, 9.17) is 14.2 Å². The van der Waals surface area contributed by atoms with Crippen molar-refractivity contribution in [1.29, 1.82) is 0 Å². The Hall–Kier alpha value is -1.70. The molecule has 2 fully saturated rings. The summed E-state index contributed by atoms with van der Waals surface area (Å²) in [5.41, 5.74) is 0.962. The SMILES string of the molecule is CC1=C[C@@H]2/C=C(/C)CC[C@H](O)[C@@H]3OC(C)(C)O[C@@H]3CC(=O)O[C@]23C(=O)N[C@H](CC(C)C)[C@@H]3[C@H]1C. The third-order valence-corrected chi connectivity index (χ3v) is 8.07. The van der Waals surface area contributed by atoms with Gasteiger partial charge in [0.1, 0.15) is 12.2 Å². The lowest BCUT2D eigenvalue weighted by Gasteiger charge is -2.45. The Morgan fingerprint density at radius 3 is 2.56 bits per heavy atom. The zero-order valence-corrected chi connectivity index (χ0v) is 21.6. The quantitative estimate of drug-likeness (QED) is 0.468. The summed E-state index contributed by atoms with van der Waals surface area (Å²) in [6.45, 7) is 14.1. The van der Waals surface area contributed by atoms with Gasteiger partial charge in [0.15, 0.2) is 5.79 Å². The minimum Gasteiger partial charge on any atom is -0.447 e. The lowest BCUT2D eigenvalue weighted by atomic mass is 9.63. The lowest BCUT2D eigenvalue weighted by Crippen LogP contribution is -2.56. The van der Waals surface area contributed by atoms with Gasteiger partial charge in [-0.15, -0.1) is 0 Å². The average Bonchev–Trinajstić information content (AvgIpc) is 3.16. The van der Waals surface area contributed by atoms with Gasteiger partial charge in [0, 0.05) is 17.9 Å². The van der Waals surface area contributed by atoms with Crippen LogP contribution >= 0.6 is 0 Å². The summed E-state index contributed by atoms with van der Waals surface area (Å²) in [4.78, 5) is 27.2. The highest BCUT2D eigenvalue weighted by Gasteiger charge is 2.64. The van der Waals surface area contributed by atoms with Crippen molar-refractivity contribution < 1.29 is 28.9 Å². The Kier molecular flexibility index (Phi) is 6.77. The Labute approximate surface area is 203 Å². The molecule has 3 aliphatic heterocycles. The third kappa shape index (κ3) is 4.47. The molecular weight excluding hydrogens is 434 g/mol. The zero-order chi connectivity index (χ0) is 25.0. The fourth-order valence-corrected chi connectivity index (χ4v) is 6.50. The molecule has 1 aliphatic carbocycles. The second kappa shape index (κ2) is 9.07. The number of hydrogen-bond donors (Lipinski definition) is 2. The molecule has 0 saturated carbocycles. The van der Waals surface area contributed by atoms with E-state index in [1.807, 2.05) is 6.92 Å². The van der Waals surface area contributed by atoms with Crippen molar-refractivity contribution in [1.82, 2.24) is 5.32 Å². The molecule has 3 heterocycles. The summed E-state index contributed by atoms with van der Waals surface area (Å²) in [6, 6.07) is -0.0670. The molecule has 34 heavy (non-hydrogen) atoms. The van der Waals surface area contributed by atoms with Gasteiger partial charge in [0.25, 0.3) is 5.91 Å². The van der Waals surface area contributed by atoms with Crippen LogP contribution in [0, 0.1) is 23.7 Å². The van der Waals surface area contributed by atoms with E-state index in [9.17, 15) is 14.7 Å². The van der Waals surface area contributed by atoms with Gasteiger partial charge in [0.05, 0.1) is 12.5 Å². The van der Waals surface area contributed by atoms with E-state index in [1.165, 1.54) is 5.57 Å². The van der Waals surface area contributed by atoms with Gasteiger partial charge in [-0.2, -0.15) is 0 Å². The van der Waals surface area contributed by atoms with Crippen LogP contribution < -0.4 is 5.32 Å². The van der Waals surface area contributed by atoms with Crippen molar-refractivity contribution in [2.24, 2.45) is 23.7 Å². The van der Waals surface area contributed by atoms with Crippen molar-refractivity contribution in [2.45, 2.75) is 110 Å². The normalized spacial score (nSPS) is 43.9. The minimum absolute atomic E-state index is 0.0670. The van der Waals surface area contributed by atoms with Crippen LogP contribution in [0.3, 0.4) is 0 Å². The predicted octanol–water partition coefficient (Wildman–Crippen LogP) is 3.65. The predicted molar refractivity (Wildman–Crippen MR) is 128 cm³/mol. The molecule has 0 unspecified atom stereocenters. The molecule has 0 radical (unpaired) electrons. The van der Waals surface area contributed by atoms with Gasteiger partial charge in [-0.1, -0.05) is 44.1 Å². The molecule has 190 valence electrons. The zero-order valence-electron chi connectivity index (χ0n) is 21.6. The molecule has 4 rings (SSSR count). The first kappa shape index (κ1) is 25.4.